The molecule has 2 amide bonds. The number of nitrogens with two attached hydrogens (primary N) is 1. The quantitative estimate of drug-likeness (QED) is 0.834. The Morgan fingerprint density at radius 2 is 2.04 bits per heavy atom. The molecule has 1 aliphatic heterocycles. The normalized spacial score (nSPS) is 25.8. The molecule has 2 aliphatic rings. The molecule has 1 saturated heterocycles. The lowest BCUT2D eigenvalue weighted by Crippen LogP contribution is -2.41. The van der Waals surface area contributed by atoms with Crippen LogP contribution in [0.15, 0.2) is 18.2 Å². The Kier molecular flexibility index (Phi) is 5.13. The van der Waals surface area contributed by atoms with Gasteiger partial charge < -0.3 is 16.0 Å². The first-order valence-corrected chi connectivity index (χ1v) is 9.31. The average Bonchev–Trinajstić information content (AvgIpc) is 3.09. The van der Waals surface area contributed by atoms with Crippen molar-refractivity contribution in [3.05, 3.63) is 29.3 Å². The van der Waals surface area contributed by atoms with Gasteiger partial charge in [0.25, 0.3) is 0 Å². The molecule has 0 unspecified atom stereocenters. The van der Waals surface area contributed by atoms with Crippen LogP contribution in [0, 0.1) is 25.2 Å². The van der Waals surface area contributed by atoms with Crippen LogP contribution >= 0.6 is 0 Å². The van der Waals surface area contributed by atoms with Crippen LogP contribution in [0.3, 0.4) is 0 Å². The number of hydrogen-bond donors (Lipinski definition) is 2. The first kappa shape index (κ1) is 17.9. The van der Waals surface area contributed by atoms with Gasteiger partial charge in [0.2, 0.25) is 11.8 Å². The molecule has 25 heavy (non-hydrogen) atoms. The maximum atomic E-state index is 12.3. The highest BCUT2D eigenvalue weighted by Crippen LogP contribution is 2.48. The van der Waals surface area contributed by atoms with E-state index in [1.807, 2.05) is 32.0 Å². The molecule has 1 heterocycles. The van der Waals surface area contributed by atoms with Crippen molar-refractivity contribution in [3.63, 3.8) is 0 Å². The third-order valence-corrected chi connectivity index (χ3v) is 6.06. The fourth-order valence-electron chi connectivity index (χ4n) is 4.64. The van der Waals surface area contributed by atoms with Gasteiger partial charge in [-0.05, 0) is 56.7 Å². The van der Waals surface area contributed by atoms with Gasteiger partial charge in [0.1, 0.15) is 0 Å². The largest absolute Gasteiger partial charge is 0.369 e. The molecule has 1 aliphatic carbocycles. The zero-order valence-corrected chi connectivity index (χ0v) is 15.3. The van der Waals surface area contributed by atoms with E-state index in [0.717, 1.165) is 62.1 Å². The third-order valence-electron chi connectivity index (χ3n) is 6.06. The highest BCUT2D eigenvalue weighted by Gasteiger charge is 2.53. The molecular formula is C20H29N3O2. The second-order valence-electron chi connectivity index (χ2n) is 7.76. The summed E-state index contributed by atoms with van der Waals surface area (Å²) in [6.07, 6.45) is 4.44. The maximum absolute atomic E-state index is 12.3. The Balaban J connectivity index is 1.48. The van der Waals surface area contributed by atoms with Crippen LogP contribution < -0.4 is 11.1 Å². The van der Waals surface area contributed by atoms with Gasteiger partial charge in [-0.3, -0.25) is 9.59 Å². The number of nitrogens with one attached hydrogen (secondary N) is 1. The number of anilines is 1. The standard InChI is InChI=1S/C20H29N3O2/c1-14-6-3-7-15(2)18(14)22-17(24)9-5-11-23-12-16-8-4-10-20(16,13-23)19(21)25/h3,6-7,16H,4-5,8-13H2,1-2H3,(H2,21,25)(H,22,24)/t16-,20-/m0/s1. The zero-order chi connectivity index (χ0) is 18.0. The number of rotatable bonds is 6. The van der Waals surface area contributed by atoms with E-state index >= 15 is 0 Å². The molecule has 3 rings (SSSR count). The number of hydrogen-bond acceptors (Lipinski definition) is 3. The molecule has 0 bridgehead atoms. The Bertz CT molecular complexity index is 653. The summed E-state index contributed by atoms with van der Waals surface area (Å²) in [5.74, 6) is 0.333. The van der Waals surface area contributed by atoms with Gasteiger partial charge >= 0.3 is 0 Å². The Labute approximate surface area is 150 Å². The summed E-state index contributed by atoms with van der Waals surface area (Å²) in [5.41, 5.74) is 8.49. The van der Waals surface area contributed by atoms with Crippen LogP contribution in [0.25, 0.3) is 0 Å². The smallest absolute Gasteiger partial charge is 0.225 e. The number of para-hydroxylation sites is 1. The summed E-state index contributed by atoms with van der Waals surface area (Å²) in [6, 6.07) is 6.02. The topological polar surface area (TPSA) is 75.4 Å². The van der Waals surface area contributed by atoms with Gasteiger partial charge in [-0.2, -0.15) is 0 Å². The monoisotopic (exact) mass is 343 g/mol. The zero-order valence-electron chi connectivity index (χ0n) is 15.3. The average molecular weight is 343 g/mol. The Morgan fingerprint density at radius 1 is 1.32 bits per heavy atom. The number of carbonyl (C=O) groups excluding carboxylic acids is 2. The van der Waals surface area contributed by atoms with Crippen LogP contribution in [0.2, 0.25) is 0 Å². The van der Waals surface area contributed by atoms with Crippen molar-refractivity contribution < 1.29 is 9.59 Å². The second kappa shape index (κ2) is 7.16. The molecule has 136 valence electrons. The van der Waals surface area contributed by atoms with Gasteiger partial charge in [0, 0.05) is 25.2 Å². The van der Waals surface area contributed by atoms with Crippen molar-refractivity contribution in [3.8, 4) is 0 Å². The molecule has 1 saturated carbocycles. The fraction of sp³-hybridized carbons (Fsp3) is 0.600. The molecule has 1 aromatic rings. The van der Waals surface area contributed by atoms with Crippen molar-refractivity contribution >= 4 is 17.5 Å². The molecule has 3 N–H and O–H groups in total. The Morgan fingerprint density at radius 3 is 2.68 bits per heavy atom. The number of fused-ring (bicyclic) bond motifs is 1. The predicted molar refractivity (Wildman–Crippen MR) is 99.2 cm³/mol. The highest BCUT2D eigenvalue weighted by atomic mass is 16.2. The van der Waals surface area contributed by atoms with Crippen molar-refractivity contribution in [1.82, 2.24) is 4.90 Å². The van der Waals surface area contributed by atoms with Gasteiger partial charge in [0.15, 0.2) is 0 Å². The number of carbonyl (C=O) groups is 2. The van der Waals surface area contributed by atoms with E-state index in [1.54, 1.807) is 0 Å². The number of primary amides is 1. The highest BCUT2D eigenvalue weighted by molar-refractivity contribution is 5.92. The third kappa shape index (κ3) is 3.56. The van der Waals surface area contributed by atoms with E-state index in [-0.39, 0.29) is 17.2 Å². The second-order valence-corrected chi connectivity index (χ2v) is 7.76. The van der Waals surface area contributed by atoms with Crippen LogP contribution in [0.5, 0.6) is 0 Å². The van der Waals surface area contributed by atoms with Crippen LogP contribution in [-0.2, 0) is 9.59 Å². The van der Waals surface area contributed by atoms with Crippen LogP contribution in [-0.4, -0.2) is 36.3 Å². The van der Waals surface area contributed by atoms with Crippen molar-refractivity contribution in [1.29, 1.82) is 0 Å². The van der Waals surface area contributed by atoms with Gasteiger partial charge in [-0.15, -0.1) is 0 Å². The summed E-state index contributed by atoms with van der Waals surface area (Å²) in [7, 11) is 0. The van der Waals surface area contributed by atoms with Crippen molar-refractivity contribution in [2.75, 3.05) is 25.0 Å². The van der Waals surface area contributed by atoms with Crippen molar-refractivity contribution in [2.45, 2.75) is 46.0 Å². The van der Waals surface area contributed by atoms with Crippen molar-refractivity contribution in [2.24, 2.45) is 17.1 Å². The first-order valence-electron chi connectivity index (χ1n) is 9.31. The fourth-order valence-corrected chi connectivity index (χ4v) is 4.64. The number of nitrogens with zero attached hydrogens (tertiary/aromatic N) is 1. The molecule has 0 aromatic heterocycles. The summed E-state index contributed by atoms with van der Waals surface area (Å²) >= 11 is 0. The number of aryl methyl sites for hydroxylation is 2. The van der Waals surface area contributed by atoms with Gasteiger partial charge in [-0.1, -0.05) is 24.6 Å². The molecule has 2 atom stereocenters. The molecule has 5 nitrogen and oxygen atoms in total. The predicted octanol–water partition coefficient (Wildman–Crippen LogP) is 2.61. The lowest BCUT2D eigenvalue weighted by Gasteiger charge is -2.24. The van der Waals surface area contributed by atoms with E-state index in [0.29, 0.717) is 12.3 Å². The van der Waals surface area contributed by atoms with E-state index in [9.17, 15) is 9.59 Å². The summed E-state index contributed by atoms with van der Waals surface area (Å²) in [6.45, 7) is 6.59. The van der Waals surface area contributed by atoms with E-state index in [2.05, 4.69) is 10.2 Å². The van der Waals surface area contributed by atoms with E-state index < -0.39 is 0 Å². The number of amides is 2. The minimum atomic E-state index is -0.305. The lowest BCUT2D eigenvalue weighted by atomic mass is 9.80. The number of likely N-dealkylation sites (tertiary alicyclic amines) is 1. The lowest BCUT2D eigenvalue weighted by molar-refractivity contribution is -0.128. The van der Waals surface area contributed by atoms with Crippen LogP contribution in [0.1, 0.15) is 43.2 Å². The van der Waals surface area contributed by atoms with E-state index in [1.165, 1.54) is 0 Å². The first-order chi connectivity index (χ1) is 11.9. The number of benzene rings is 1. The summed E-state index contributed by atoms with van der Waals surface area (Å²) in [4.78, 5) is 26.5. The Hall–Kier alpha value is -1.88. The molecule has 5 heteroatoms. The van der Waals surface area contributed by atoms with E-state index in [4.69, 9.17) is 5.73 Å². The summed E-state index contributed by atoms with van der Waals surface area (Å²) in [5, 5.41) is 3.04. The van der Waals surface area contributed by atoms with Gasteiger partial charge in [0.05, 0.1) is 5.41 Å². The molecule has 1 aromatic carbocycles. The molecule has 0 radical (unpaired) electrons. The maximum Gasteiger partial charge on any atom is 0.225 e. The minimum Gasteiger partial charge on any atom is -0.369 e. The molecule has 2 fully saturated rings. The molecular weight excluding hydrogens is 314 g/mol. The minimum absolute atomic E-state index is 0.0569. The van der Waals surface area contributed by atoms with Gasteiger partial charge in [-0.25, -0.2) is 0 Å². The van der Waals surface area contributed by atoms with Crippen LogP contribution in [0.4, 0.5) is 5.69 Å². The SMILES string of the molecule is Cc1cccc(C)c1NC(=O)CCCN1C[C@@H]2CCC[C@]2(C(N)=O)C1. The molecule has 0 spiro atoms. The summed E-state index contributed by atoms with van der Waals surface area (Å²) < 4.78 is 0.